The first kappa shape index (κ1) is 22.7. The number of hydrogen-bond donors (Lipinski definition) is 4. The summed E-state index contributed by atoms with van der Waals surface area (Å²) in [4.78, 5) is 22.9. The van der Waals surface area contributed by atoms with Crippen LogP contribution in [-0.2, 0) is 22.5 Å². The number of aliphatic hydroxyl groups is 4. The molecule has 2 saturated heterocycles. The minimum Gasteiger partial charge on any atom is -0.375 e. The van der Waals surface area contributed by atoms with Gasteiger partial charge in [-0.1, -0.05) is 70.8 Å². The Hall–Kier alpha value is -2.53. The zero-order chi connectivity index (χ0) is 22.8. The number of carbonyl (C=O) groups excluding carboxylic acids is 1. The number of benzene rings is 2. The van der Waals surface area contributed by atoms with Crippen LogP contribution < -0.4 is 0 Å². The Morgan fingerprint density at radius 2 is 1.16 bits per heavy atom. The SMILES string of the molecule is O=C(ON1C(O)CCC1(O)Cc1ccccc1)ON1C(O)CCC1(O)Cc1ccccc1. The molecule has 0 spiro atoms. The predicted molar refractivity (Wildman–Crippen MR) is 112 cm³/mol. The summed E-state index contributed by atoms with van der Waals surface area (Å²) in [6, 6.07) is 18.3. The minimum absolute atomic E-state index is 0.127. The maximum atomic E-state index is 12.6. The molecule has 0 saturated carbocycles. The molecule has 172 valence electrons. The minimum atomic E-state index is -1.62. The van der Waals surface area contributed by atoms with Crippen LogP contribution in [0.5, 0.6) is 0 Å². The molecule has 2 fully saturated rings. The van der Waals surface area contributed by atoms with Crippen molar-refractivity contribution in [1.29, 1.82) is 0 Å². The number of rotatable bonds is 6. The van der Waals surface area contributed by atoms with Crippen LogP contribution in [0.4, 0.5) is 4.79 Å². The molecule has 0 amide bonds. The Labute approximate surface area is 185 Å². The van der Waals surface area contributed by atoms with Gasteiger partial charge in [0.05, 0.1) is 0 Å². The van der Waals surface area contributed by atoms with E-state index in [4.69, 9.17) is 9.68 Å². The lowest BCUT2D eigenvalue weighted by atomic mass is 10.0. The standard InChI is InChI=1S/C23H28N2O7/c26-19-11-13-22(29,15-17-7-3-1-4-8-17)24(19)31-21(28)32-25-20(27)12-14-23(25,30)16-18-9-5-2-6-10-18/h1-10,19-20,26-27,29-30H,11-16H2. The van der Waals surface area contributed by atoms with Gasteiger partial charge in [-0.15, -0.1) is 0 Å². The third-order valence-corrected chi connectivity index (χ3v) is 5.97. The van der Waals surface area contributed by atoms with Gasteiger partial charge in [-0.3, -0.25) is 0 Å². The molecule has 4 N–H and O–H groups in total. The lowest BCUT2D eigenvalue weighted by Gasteiger charge is -2.35. The van der Waals surface area contributed by atoms with Gasteiger partial charge in [0.25, 0.3) is 0 Å². The third-order valence-electron chi connectivity index (χ3n) is 5.97. The molecule has 2 aliphatic rings. The lowest BCUT2D eigenvalue weighted by molar-refractivity contribution is -0.334. The maximum absolute atomic E-state index is 12.6. The second kappa shape index (κ2) is 9.14. The van der Waals surface area contributed by atoms with E-state index in [2.05, 4.69) is 0 Å². The van der Waals surface area contributed by atoms with Crippen molar-refractivity contribution in [2.75, 3.05) is 0 Å². The van der Waals surface area contributed by atoms with Gasteiger partial charge in [0.15, 0.2) is 11.4 Å². The summed E-state index contributed by atoms with van der Waals surface area (Å²) in [5.41, 5.74) is -1.63. The fraction of sp³-hybridized carbons (Fsp3) is 0.435. The quantitative estimate of drug-likeness (QED) is 0.527. The summed E-state index contributed by atoms with van der Waals surface area (Å²) >= 11 is 0. The molecule has 9 nitrogen and oxygen atoms in total. The summed E-state index contributed by atoms with van der Waals surface area (Å²) in [5, 5.41) is 44.3. The second-order valence-corrected chi connectivity index (χ2v) is 8.41. The Morgan fingerprint density at radius 1 is 0.781 bits per heavy atom. The highest BCUT2D eigenvalue weighted by molar-refractivity contribution is 5.59. The van der Waals surface area contributed by atoms with Crippen molar-refractivity contribution in [1.82, 2.24) is 10.1 Å². The highest BCUT2D eigenvalue weighted by atomic mass is 16.9. The summed E-state index contributed by atoms with van der Waals surface area (Å²) in [7, 11) is 0. The van der Waals surface area contributed by atoms with E-state index >= 15 is 0 Å². The number of carbonyl (C=O) groups is 1. The fourth-order valence-corrected chi connectivity index (χ4v) is 4.38. The van der Waals surface area contributed by atoms with Crippen LogP contribution in [0.2, 0.25) is 0 Å². The van der Waals surface area contributed by atoms with Crippen LogP contribution in [-0.4, -0.2) is 60.6 Å². The van der Waals surface area contributed by atoms with Crippen LogP contribution in [0, 0.1) is 0 Å². The summed E-state index contributed by atoms with van der Waals surface area (Å²) in [6.07, 6.45) is -2.70. The number of hydrogen-bond acceptors (Lipinski definition) is 9. The topological polar surface area (TPSA) is 123 Å². The zero-order valence-electron chi connectivity index (χ0n) is 17.6. The Kier molecular flexibility index (Phi) is 6.47. The fourth-order valence-electron chi connectivity index (χ4n) is 4.38. The monoisotopic (exact) mass is 444 g/mol. The molecule has 0 radical (unpaired) electrons. The maximum Gasteiger partial charge on any atom is 0.548 e. The van der Waals surface area contributed by atoms with Crippen molar-refractivity contribution in [3.05, 3.63) is 71.8 Å². The van der Waals surface area contributed by atoms with Gasteiger partial charge in [-0.25, -0.2) is 0 Å². The molecule has 2 heterocycles. The van der Waals surface area contributed by atoms with Crippen molar-refractivity contribution in [3.63, 3.8) is 0 Å². The largest absolute Gasteiger partial charge is 0.548 e. The highest BCUT2D eigenvalue weighted by Gasteiger charge is 2.51. The van der Waals surface area contributed by atoms with E-state index in [1.807, 2.05) is 60.7 Å². The molecule has 2 aliphatic heterocycles. The first-order valence-corrected chi connectivity index (χ1v) is 10.7. The van der Waals surface area contributed by atoms with Crippen LogP contribution in [0.25, 0.3) is 0 Å². The average Bonchev–Trinajstić information content (AvgIpc) is 3.20. The molecule has 4 atom stereocenters. The number of aliphatic hydroxyl groups excluding tert-OH is 2. The summed E-state index contributed by atoms with van der Waals surface area (Å²) < 4.78 is 0. The van der Waals surface area contributed by atoms with E-state index in [0.717, 1.165) is 21.3 Å². The van der Waals surface area contributed by atoms with Gasteiger partial charge in [0, 0.05) is 12.8 Å². The van der Waals surface area contributed by atoms with Crippen molar-refractivity contribution < 1.29 is 34.9 Å². The lowest BCUT2D eigenvalue weighted by Crippen LogP contribution is -2.53. The van der Waals surface area contributed by atoms with Crippen LogP contribution in [0.3, 0.4) is 0 Å². The van der Waals surface area contributed by atoms with Crippen LogP contribution in [0.15, 0.2) is 60.7 Å². The molecule has 2 aromatic carbocycles. The first-order chi connectivity index (χ1) is 15.3. The van der Waals surface area contributed by atoms with Gasteiger partial charge < -0.3 is 30.1 Å². The Balaban J connectivity index is 1.44. The van der Waals surface area contributed by atoms with Gasteiger partial charge in [0.1, 0.15) is 12.5 Å². The molecule has 9 heteroatoms. The molecular formula is C23H28N2O7. The molecule has 0 aliphatic carbocycles. The van der Waals surface area contributed by atoms with Crippen molar-refractivity contribution >= 4 is 6.16 Å². The first-order valence-electron chi connectivity index (χ1n) is 10.7. The zero-order valence-corrected chi connectivity index (χ0v) is 17.6. The van der Waals surface area contributed by atoms with E-state index in [9.17, 15) is 25.2 Å². The van der Waals surface area contributed by atoms with Crippen molar-refractivity contribution in [2.45, 2.75) is 62.4 Å². The van der Waals surface area contributed by atoms with Crippen LogP contribution >= 0.6 is 0 Å². The summed E-state index contributed by atoms with van der Waals surface area (Å²) in [5.74, 6) is 0. The van der Waals surface area contributed by atoms with E-state index < -0.39 is 30.1 Å². The molecular weight excluding hydrogens is 416 g/mol. The van der Waals surface area contributed by atoms with E-state index in [-0.39, 0.29) is 38.5 Å². The third kappa shape index (κ3) is 4.78. The molecule has 0 aromatic heterocycles. The molecule has 2 aromatic rings. The van der Waals surface area contributed by atoms with Gasteiger partial charge >= 0.3 is 6.16 Å². The highest BCUT2D eigenvalue weighted by Crippen LogP contribution is 2.36. The average molecular weight is 444 g/mol. The van der Waals surface area contributed by atoms with Gasteiger partial charge in [-0.2, -0.15) is 4.79 Å². The molecule has 4 unspecified atom stereocenters. The molecule has 32 heavy (non-hydrogen) atoms. The molecule has 0 bridgehead atoms. The van der Waals surface area contributed by atoms with Crippen LogP contribution in [0.1, 0.15) is 36.8 Å². The Morgan fingerprint density at radius 3 is 1.53 bits per heavy atom. The van der Waals surface area contributed by atoms with Gasteiger partial charge in [-0.05, 0) is 36.8 Å². The molecule has 4 rings (SSSR count). The second-order valence-electron chi connectivity index (χ2n) is 8.41. The smallest absolute Gasteiger partial charge is 0.375 e. The van der Waals surface area contributed by atoms with E-state index in [0.29, 0.717) is 0 Å². The normalized spacial score (nSPS) is 31.0. The van der Waals surface area contributed by atoms with E-state index in [1.54, 1.807) is 0 Å². The predicted octanol–water partition coefficient (Wildman–Crippen LogP) is 1.66. The summed E-state index contributed by atoms with van der Waals surface area (Å²) in [6.45, 7) is 0. The Bertz CT molecular complexity index is 842. The van der Waals surface area contributed by atoms with Gasteiger partial charge in [0.2, 0.25) is 0 Å². The number of nitrogens with zero attached hydrogens (tertiary/aromatic N) is 2. The van der Waals surface area contributed by atoms with E-state index in [1.165, 1.54) is 0 Å². The number of hydroxylamine groups is 4. The van der Waals surface area contributed by atoms with Crippen molar-refractivity contribution in [3.8, 4) is 0 Å². The van der Waals surface area contributed by atoms with Crippen molar-refractivity contribution in [2.24, 2.45) is 0 Å².